The summed E-state index contributed by atoms with van der Waals surface area (Å²) < 4.78 is 30.0. The van der Waals surface area contributed by atoms with Crippen LogP contribution < -0.4 is 4.90 Å². The molecule has 2 atom stereocenters. The lowest BCUT2D eigenvalue weighted by Gasteiger charge is -2.24. The number of pyridine rings is 1. The summed E-state index contributed by atoms with van der Waals surface area (Å²) in [5, 5.41) is 9.52. The van der Waals surface area contributed by atoms with Crippen LogP contribution >= 0.6 is 0 Å². The number of nitrogens with zero attached hydrogens (tertiary/aromatic N) is 2. The highest BCUT2D eigenvalue weighted by molar-refractivity contribution is 7.91. The molecule has 0 spiro atoms. The van der Waals surface area contributed by atoms with Crippen LogP contribution in [-0.4, -0.2) is 55.5 Å². The number of carboxylic acids is 1. The number of carboxylic acid groups (broad SMARTS) is 1. The maximum atomic E-state index is 12.2. The van der Waals surface area contributed by atoms with Crippen LogP contribution in [-0.2, 0) is 19.4 Å². The molecule has 1 aromatic heterocycles. The summed E-state index contributed by atoms with van der Waals surface area (Å²) in [6.45, 7) is 2.56. The van der Waals surface area contributed by atoms with Gasteiger partial charge in [-0.15, -0.1) is 0 Å². The van der Waals surface area contributed by atoms with Crippen molar-refractivity contribution in [2.24, 2.45) is 5.92 Å². The van der Waals surface area contributed by atoms with Gasteiger partial charge in [0.05, 0.1) is 12.3 Å². The van der Waals surface area contributed by atoms with E-state index in [1.807, 2.05) is 0 Å². The van der Waals surface area contributed by atoms with E-state index in [1.165, 1.54) is 12.3 Å². The van der Waals surface area contributed by atoms with Crippen molar-refractivity contribution in [1.82, 2.24) is 4.98 Å². The van der Waals surface area contributed by atoms with Crippen molar-refractivity contribution in [2.45, 2.75) is 23.8 Å². The molecule has 0 aliphatic carbocycles. The Morgan fingerprint density at radius 1 is 1.59 bits per heavy atom. The number of anilines is 1. The summed E-state index contributed by atoms with van der Waals surface area (Å²) >= 11 is 0. The first-order valence-electron chi connectivity index (χ1n) is 7.21. The summed E-state index contributed by atoms with van der Waals surface area (Å²) in [5.74, 6) is -0.843. The van der Waals surface area contributed by atoms with E-state index in [0.717, 1.165) is 0 Å². The zero-order chi connectivity index (χ0) is 16.0. The SMILES string of the molecule is CCS(=O)(=O)c1cccnc1N1C[C@@H]2CCO[C@]2(C(=O)O)C1. The summed E-state index contributed by atoms with van der Waals surface area (Å²) in [6.07, 6.45) is 2.18. The number of sulfone groups is 1. The van der Waals surface area contributed by atoms with Gasteiger partial charge in [0, 0.05) is 25.3 Å². The Labute approximate surface area is 128 Å². The average Bonchev–Trinajstić information content (AvgIpc) is 3.05. The molecule has 2 aliphatic heterocycles. The maximum Gasteiger partial charge on any atom is 0.338 e. The fourth-order valence-corrected chi connectivity index (χ4v) is 4.30. The van der Waals surface area contributed by atoms with Gasteiger partial charge >= 0.3 is 5.97 Å². The monoisotopic (exact) mass is 326 g/mol. The molecule has 0 radical (unpaired) electrons. The molecule has 0 unspecified atom stereocenters. The van der Waals surface area contributed by atoms with E-state index >= 15 is 0 Å². The Bertz CT molecular complexity index is 705. The molecular formula is C14H18N2O5S. The topological polar surface area (TPSA) is 96.8 Å². The Morgan fingerprint density at radius 3 is 3.00 bits per heavy atom. The Morgan fingerprint density at radius 2 is 2.36 bits per heavy atom. The van der Waals surface area contributed by atoms with E-state index in [1.54, 1.807) is 17.9 Å². The summed E-state index contributed by atoms with van der Waals surface area (Å²) in [7, 11) is -3.42. The summed E-state index contributed by atoms with van der Waals surface area (Å²) in [6, 6.07) is 3.09. The van der Waals surface area contributed by atoms with Gasteiger partial charge < -0.3 is 14.7 Å². The van der Waals surface area contributed by atoms with Crippen LogP contribution in [0, 0.1) is 5.92 Å². The molecule has 0 bridgehead atoms. The Balaban J connectivity index is 2.00. The standard InChI is InChI=1S/C14H18N2O5S/c1-2-22(19,20)11-4-3-6-15-12(11)16-8-10-5-7-21-14(10,9-16)13(17)18/h3-4,6,10H,2,5,7-9H2,1H3,(H,17,18)/t10-,14+/m0/s1. The minimum Gasteiger partial charge on any atom is -0.479 e. The van der Waals surface area contributed by atoms with Crippen molar-refractivity contribution >= 4 is 21.6 Å². The van der Waals surface area contributed by atoms with Gasteiger partial charge in [-0.1, -0.05) is 6.92 Å². The third kappa shape index (κ3) is 2.17. The van der Waals surface area contributed by atoms with Crippen LogP contribution in [0.3, 0.4) is 0 Å². The Hall–Kier alpha value is -1.67. The second-order valence-corrected chi connectivity index (χ2v) is 7.88. The van der Waals surface area contributed by atoms with Gasteiger partial charge in [-0.25, -0.2) is 18.2 Å². The predicted molar refractivity (Wildman–Crippen MR) is 78.6 cm³/mol. The number of hydrogen-bond donors (Lipinski definition) is 1. The first-order chi connectivity index (χ1) is 10.4. The lowest BCUT2D eigenvalue weighted by Crippen LogP contribution is -2.45. The first-order valence-corrected chi connectivity index (χ1v) is 8.86. The van der Waals surface area contributed by atoms with Gasteiger partial charge in [0.25, 0.3) is 0 Å². The highest BCUT2D eigenvalue weighted by Crippen LogP contribution is 2.41. The molecule has 22 heavy (non-hydrogen) atoms. The molecule has 0 saturated carbocycles. The van der Waals surface area contributed by atoms with Crippen molar-refractivity contribution in [1.29, 1.82) is 0 Å². The van der Waals surface area contributed by atoms with E-state index in [2.05, 4.69) is 4.98 Å². The van der Waals surface area contributed by atoms with Gasteiger partial charge in [-0.05, 0) is 18.6 Å². The van der Waals surface area contributed by atoms with Gasteiger partial charge in [0.15, 0.2) is 15.4 Å². The normalized spacial score (nSPS) is 27.9. The van der Waals surface area contributed by atoms with Crippen molar-refractivity contribution in [3.63, 3.8) is 0 Å². The lowest BCUT2D eigenvalue weighted by molar-refractivity contribution is -0.160. The minimum atomic E-state index is -3.42. The summed E-state index contributed by atoms with van der Waals surface area (Å²) in [5.41, 5.74) is -1.25. The molecule has 2 saturated heterocycles. The van der Waals surface area contributed by atoms with E-state index in [-0.39, 0.29) is 23.1 Å². The molecule has 3 heterocycles. The van der Waals surface area contributed by atoms with E-state index in [9.17, 15) is 18.3 Å². The smallest absolute Gasteiger partial charge is 0.338 e. The highest BCUT2D eigenvalue weighted by Gasteiger charge is 2.57. The third-order valence-electron chi connectivity index (χ3n) is 4.48. The number of aromatic nitrogens is 1. The molecule has 2 fully saturated rings. The van der Waals surface area contributed by atoms with Crippen LogP contribution in [0.15, 0.2) is 23.2 Å². The van der Waals surface area contributed by atoms with Gasteiger partial charge in [-0.3, -0.25) is 0 Å². The van der Waals surface area contributed by atoms with Crippen molar-refractivity contribution in [3.8, 4) is 0 Å². The number of hydrogen-bond acceptors (Lipinski definition) is 6. The maximum absolute atomic E-state index is 12.2. The number of fused-ring (bicyclic) bond motifs is 1. The fourth-order valence-electron chi connectivity index (χ4n) is 3.25. The largest absolute Gasteiger partial charge is 0.479 e. The second kappa shape index (κ2) is 5.20. The molecule has 0 amide bonds. The predicted octanol–water partition coefficient (Wildman–Crippen LogP) is 0.555. The van der Waals surface area contributed by atoms with Crippen LogP contribution in [0.25, 0.3) is 0 Å². The van der Waals surface area contributed by atoms with Crippen molar-refractivity contribution < 1.29 is 23.1 Å². The van der Waals surface area contributed by atoms with Crippen LogP contribution in [0.1, 0.15) is 13.3 Å². The van der Waals surface area contributed by atoms with Gasteiger partial charge in [-0.2, -0.15) is 0 Å². The fraction of sp³-hybridized carbons (Fsp3) is 0.571. The van der Waals surface area contributed by atoms with Gasteiger partial charge in [0.1, 0.15) is 10.7 Å². The molecule has 7 nitrogen and oxygen atoms in total. The zero-order valence-electron chi connectivity index (χ0n) is 12.2. The molecule has 1 aromatic rings. The molecule has 8 heteroatoms. The van der Waals surface area contributed by atoms with E-state index in [0.29, 0.717) is 25.4 Å². The second-order valence-electron chi connectivity index (χ2n) is 5.64. The lowest BCUT2D eigenvalue weighted by atomic mass is 9.91. The number of ether oxygens (including phenoxy) is 1. The molecular weight excluding hydrogens is 308 g/mol. The molecule has 2 aliphatic rings. The van der Waals surface area contributed by atoms with Crippen molar-refractivity contribution in [2.75, 3.05) is 30.3 Å². The van der Waals surface area contributed by atoms with Crippen molar-refractivity contribution in [3.05, 3.63) is 18.3 Å². The molecule has 3 rings (SSSR count). The molecule has 1 N–H and O–H groups in total. The first kappa shape index (κ1) is 15.2. The Kier molecular flexibility index (Phi) is 3.60. The highest BCUT2D eigenvalue weighted by atomic mass is 32.2. The third-order valence-corrected chi connectivity index (χ3v) is 6.23. The van der Waals surface area contributed by atoms with Crippen LogP contribution in [0.5, 0.6) is 0 Å². The van der Waals surface area contributed by atoms with Gasteiger partial charge in [0.2, 0.25) is 0 Å². The number of aliphatic carboxylic acids is 1. The zero-order valence-corrected chi connectivity index (χ0v) is 13.0. The molecule has 120 valence electrons. The quantitative estimate of drug-likeness (QED) is 0.863. The van der Waals surface area contributed by atoms with E-state index in [4.69, 9.17) is 4.74 Å². The molecule has 0 aromatic carbocycles. The summed E-state index contributed by atoms with van der Waals surface area (Å²) in [4.78, 5) is 17.7. The van der Waals surface area contributed by atoms with E-state index < -0.39 is 21.4 Å². The van der Waals surface area contributed by atoms with Crippen LogP contribution in [0.2, 0.25) is 0 Å². The van der Waals surface area contributed by atoms with Crippen LogP contribution in [0.4, 0.5) is 5.82 Å². The number of carbonyl (C=O) groups is 1. The minimum absolute atomic E-state index is 0.0243. The number of rotatable bonds is 4. The average molecular weight is 326 g/mol.